The lowest BCUT2D eigenvalue weighted by Gasteiger charge is -2.20. The van der Waals surface area contributed by atoms with Gasteiger partial charge in [-0.3, -0.25) is 9.59 Å². The number of ketones is 1. The molecule has 3 rings (SSSR count). The van der Waals surface area contributed by atoms with Gasteiger partial charge in [0, 0.05) is 6.42 Å². The Labute approximate surface area is 199 Å². The van der Waals surface area contributed by atoms with Crippen LogP contribution in [-0.2, 0) is 22.4 Å². The summed E-state index contributed by atoms with van der Waals surface area (Å²) in [5, 5.41) is 2.64. The highest BCUT2D eigenvalue weighted by molar-refractivity contribution is 6.03. The van der Waals surface area contributed by atoms with E-state index in [-0.39, 0.29) is 23.5 Å². The number of nitrogens with one attached hydrogen (secondary N) is 1. The molecule has 0 heterocycles. The Morgan fingerprint density at radius 2 is 1.32 bits per heavy atom. The van der Waals surface area contributed by atoms with Gasteiger partial charge in [0.25, 0.3) is 0 Å². The van der Waals surface area contributed by atoms with E-state index in [1.54, 1.807) is 18.2 Å². The third-order valence-corrected chi connectivity index (χ3v) is 5.30. The van der Waals surface area contributed by atoms with Gasteiger partial charge in [0.15, 0.2) is 5.78 Å². The van der Waals surface area contributed by atoms with Crippen LogP contribution in [0.2, 0.25) is 0 Å². The maximum Gasteiger partial charge on any atom is 0.334 e. The molecule has 0 unspecified atom stereocenters. The Morgan fingerprint density at radius 3 is 1.91 bits per heavy atom. The topological polar surface area (TPSA) is 125 Å². The number of rotatable bonds is 10. The van der Waals surface area contributed by atoms with Gasteiger partial charge < -0.3 is 21.5 Å². The lowest BCUT2D eigenvalue weighted by atomic mass is 9.98. The van der Waals surface area contributed by atoms with Crippen LogP contribution in [0.3, 0.4) is 0 Å². The molecular formula is C27H29N3O4. The van der Waals surface area contributed by atoms with Crippen molar-refractivity contribution in [1.29, 1.82) is 0 Å². The van der Waals surface area contributed by atoms with Crippen molar-refractivity contribution in [2.75, 3.05) is 0 Å². The van der Waals surface area contributed by atoms with Gasteiger partial charge >= 0.3 is 5.97 Å². The fraction of sp³-hybridized carbons (Fsp3) is 0.222. The molecule has 176 valence electrons. The van der Waals surface area contributed by atoms with Gasteiger partial charge in [-0.15, -0.1) is 0 Å². The van der Waals surface area contributed by atoms with E-state index in [0.29, 0.717) is 6.42 Å². The Bertz CT molecular complexity index is 1120. The first-order chi connectivity index (χ1) is 16.3. The number of hydrogen-bond donors (Lipinski definition) is 3. The van der Waals surface area contributed by atoms with Crippen LogP contribution in [0.1, 0.15) is 28.4 Å². The molecule has 1 amide bonds. The van der Waals surface area contributed by atoms with E-state index in [0.717, 1.165) is 11.1 Å². The van der Waals surface area contributed by atoms with Crippen LogP contribution in [0.4, 0.5) is 0 Å². The first-order valence-corrected chi connectivity index (χ1v) is 11.1. The smallest absolute Gasteiger partial charge is 0.334 e. The normalized spacial score (nSPS) is 13.4. The molecule has 3 aromatic rings. The number of hydrogen-bond acceptors (Lipinski definition) is 6. The minimum absolute atomic E-state index is 0.0918. The first kappa shape index (κ1) is 24.8. The SMILES string of the molecule is C[C@H](N)C(=O)N[C@@H](Cc1ccccc1)C(=O)Oc1ccccc1C(=O)[C@@H](N)Cc1ccccc1. The molecule has 5 N–H and O–H groups in total. The number of ether oxygens (including phenoxy) is 1. The van der Waals surface area contributed by atoms with Crippen molar-refractivity contribution < 1.29 is 19.1 Å². The van der Waals surface area contributed by atoms with E-state index in [1.807, 2.05) is 60.7 Å². The van der Waals surface area contributed by atoms with Crippen molar-refractivity contribution in [2.24, 2.45) is 11.5 Å². The number of carbonyl (C=O) groups is 3. The van der Waals surface area contributed by atoms with Crippen LogP contribution in [0.15, 0.2) is 84.9 Å². The second kappa shape index (κ2) is 11.9. The van der Waals surface area contributed by atoms with Crippen LogP contribution in [-0.4, -0.2) is 35.8 Å². The molecule has 0 saturated carbocycles. The van der Waals surface area contributed by atoms with E-state index >= 15 is 0 Å². The molecule has 7 nitrogen and oxygen atoms in total. The van der Waals surface area contributed by atoms with Gasteiger partial charge in [0.1, 0.15) is 11.8 Å². The van der Waals surface area contributed by atoms with Crippen LogP contribution < -0.4 is 21.5 Å². The van der Waals surface area contributed by atoms with E-state index in [2.05, 4.69) is 5.32 Å². The van der Waals surface area contributed by atoms with Crippen LogP contribution in [0, 0.1) is 0 Å². The highest BCUT2D eigenvalue weighted by atomic mass is 16.5. The quantitative estimate of drug-likeness (QED) is 0.243. The van der Waals surface area contributed by atoms with Crippen molar-refractivity contribution in [3.05, 3.63) is 102 Å². The monoisotopic (exact) mass is 459 g/mol. The molecule has 7 heteroatoms. The average Bonchev–Trinajstić information content (AvgIpc) is 2.84. The lowest BCUT2D eigenvalue weighted by Crippen LogP contribution is -2.49. The zero-order valence-electron chi connectivity index (χ0n) is 19.0. The first-order valence-electron chi connectivity index (χ1n) is 11.1. The molecule has 0 bridgehead atoms. The summed E-state index contributed by atoms with van der Waals surface area (Å²) < 4.78 is 5.61. The minimum Gasteiger partial charge on any atom is -0.424 e. The van der Waals surface area contributed by atoms with Crippen molar-refractivity contribution in [1.82, 2.24) is 5.32 Å². The molecule has 0 radical (unpaired) electrons. The number of para-hydroxylation sites is 1. The molecule has 3 aromatic carbocycles. The molecule has 0 aromatic heterocycles. The molecule has 0 saturated heterocycles. The summed E-state index contributed by atoms with van der Waals surface area (Å²) in [7, 11) is 0. The van der Waals surface area contributed by atoms with Crippen molar-refractivity contribution in [2.45, 2.75) is 37.9 Å². The molecule has 0 spiro atoms. The number of carbonyl (C=O) groups excluding carboxylic acids is 3. The van der Waals surface area contributed by atoms with E-state index < -0.39 is 30.0 Å². The fourth-order valence-corrected chi connectivity index (χ4v) is 3.45. The van der Waals surface area contributed by atoms with Crippen molar-refractivity contribution in [3.63, 3.8) is 0 Å². The Balaban J connectivity index is 1.78. The highest BCUT2D eigenvalue weighted by Crippen LogP contribution is 2.21. The Hall–Kier alpha value is -3.81. The van der Waals surface area contributed by atoms with E-state index in [4.69, 9.17) is 16.2 Å². The summed E-state index contributed by atoms with van der Waals surface area (Å²) in [6.45, 7) is 1.53. The zero-order chi connectivity index (χ0) is 24.5. The number of nitrogens with two attached hydrogens (primary N) is 2. The average molecular weight is 460 g/mol. The molecule has 0 aliphatic carbocycles. The summed E-state index contributed by atoms with van der Waals surface area (Å²) in [6.07, 6.45) is 0.560. The van der Waals surface area contributed by atoms with Gasteiger partial charge in [-0.1, -0.05) is 72.8 Å². The summed E-state index contributed by atoms with van der Waals surface area (Å²) in [4.78, 5) is 38.4. The number of benzene rings is 3. The number of Topliss-reactive ketones (excluding diaryl/α,β-unsaturated/α-hetero) is 1. The predicted molar refractivity (Wildman–Crippen MR) is 130 cm³/mol. The summed E-state index contributed by atoms with van der Waals surface area (Å²) >= 11 is 0. The van der Waals surface area contributed by atoms with Gasteiger partial charge in [0.2, 0.25) is 5.91 Å². The largest absolute Gasteiger partial charge is 0.424 e. The fourth-order valence-electron chi connectivity index (χ4n) is 3.45. The van der Waals surface area contributed by atoms with Crippen molar-refractivity contribution in [3.8, 4) is 5.75 Å². The minimum atomic E-state index is -0.984. The predicted octanol–water partition coefficient (Wildman–Crippen LogP) is 2.42. The summed E-state index contributed by atoms with van der Waals surface area (Å²) in [5.74, 6) is -1.43. The Morgan fingerprint density at radius 1 is 0.794 bits per heavy atom. The highest BCUT2D eigenvalue weighted by Gasteiger charge is 2.27. The van der Waals surface area contributed by atoms with Gasteiger partial charge in [0.05, 0.1) is 17.6 Å². The third-order valence-electron chi connectivity index (χ3n) is 5.30. The van der Waals surface area contributed by atoms with Crippen molar-refractivity contribution >= 4 is 17.7 Å². The second-order valence-electron chi connectivity index (χ2n) is 8.12. The standard InChI is InChI=1S/C27H29N3O4/c1-18(28)26(32)30-23(17-20-12-6-3-7-13-20)27(33)34-24-15-9-8-14-21(24)25(31)22(29)16-19-10-4-2-5-11-19/h2-15,18,22-23H,16-17,28-29H2,1H3,(H,30,32)/t18-,22-,23-/m0/s1. The molecule has 3 atom stereocenters. The number of esters is 1. The van der Waals surface area contributed by atoms with Crippen LogP contribution in [0.25, 0.3) is 0 Å². The summed E-state index contributed by atoms with van der Waals surface area (Å²) in [6, 6.07) is 22.5. The van der Waals surface area contributed by atoms with Crippen LogP contribution in [0.5, 0.6) is 5.75 Å². The number of amides is 1. The Kier molecular flexibility index (Phi) is 8.67. The second-order valence-corrected chi connectivity index (χ2v) is 8.12. The molecular weight excluding hydrogens is 430 g/mol. The van der Waals surface area contributed by atoms with Gasteiger partial charge in [-0.05, 0) is 36.6 Å². The third kappa shape index (κ3) is 6.84. The van der Waals surface area contributed by atoms with E-state index in [1.165, 1.54) is 13.0 Å². The maximum atomic E-state index is 13.1. The maximum absolute atomic E-state index is 13.1. The molecule has 0 aliphatic heterocycles. The van der Waals surface area contributed by atoms with Gasteiger partial charge in [-0.25, -0.2) is 4.79 Å². The van der Waals surface area contributed by atoms with E-state index in [9.17, 15) is 14.4 Å². The molecule has 34 heavy (non-hydrogen) atoms. The molecule has 0 fully saturated rings. The zero-order valence-corrected chi connectivity index (χ0v) is 19.0. The van der Waals surface area contributed by atoms with Crippen LogP contribution >= 0.6 is 0 Å². The molecule has 0 aliphatic rings. The summed E-state index contributed by atoms with van der Waals surface area (Å²) in [5.41, 5.74) is 13.8. The van der Waals surface area contributed by atoms with Gasteiger partial charge in [-0.2, -0.15) is 0 Å². The lowest BCUT2D eigenvalue weighted by molar-refractivity contribution is -0.139.